The van der Waals surface area contributed by atoms with Gasteiger partial charge in [-0.3, -0.25) is 4.79 Å². The predicted molar refractivity (Wildman–Crippen MR) is 78.7 cm³/mol. The monoisotopic (exact) mass is 358 g/mol. The van der Waals surface area contributed by atoms with Gasteiger partial charge in [0, 0.05) is 18.7 Å². The van der Waals surface area contributed by atoms with Gasteiger partial charge in [-0.2, -0.15) is 0 Å². The van der Waals surface area contributed by atoms with Gasteiger partial charge in [0.2, 0.25) is 0 Å². The van der Waals surface area contributed by atoms with Gasteiger partial charge in [-0.15, -0.1) is 0 Å². The van der Waals surface area contributed by atoms with Crippen molar-refractivity contribution in [1.29, 1.82) is 0 Å². The van der Waals surface area contributed by atoms with E-state index in [2.05, 4.69) is 16.7 Å². The molecule has 0 saturated carbocycles. The van der Waals surface area contributed by atoms with E-state index in [0.717, 1.165) is 23.1 Å². The Hall–Kier alpha value is -1.08. The first-order valence-electron chi connectivity index (χ1n) is 5.82. The molecule has 0 aliphatic carbocycles. The van der Waals surface area contributed by atoms with Crippen LogP contribution in [0, 0.1) is 3.57 Å². The third kappa shape index (κ3) is 3.46. The number of benzene rings is 1. The Morgan fingerprint density at radius 1 is 1.50 bits per heavy atom. The normalized spacial score (nSPS) is 15.1. The van der Waals surface area contributed by atoms with Gasteiger partial charge in [0.25, 0.3) is 5.91 Å². The van der Waals surface area contributed by atoms with Crippen molar-refractivity contribution in [2.45, 2.75) is 6.42 Å². The summed E-state index contributed by atoms with van der Waals surface area (Å²) in [5.41, 5.74) is 1.74. The molecule has 0 spiro atoms. The standard InChI is InChI=1S/C13H15IN2O2/c14-11-2-1-10(7-12(11)17)13(18)16-8-9-3-5-15-6-4-9/h1-3,7,15,17H,4-6,8H2,(H,16,18). The van der Waals surface area contributed by atoms with Crippen LogP contribution in [0.1, 0.15) is 16.8 Å². The van der Waals surface area contributed by atoms with E-state index >= 15 is 0 Å². The highest BCUT2D eigenvalue weighted by Gasteiger charge is 2.09. The molecule has 3 N–H and O–H groups in total. The Balaban J connectivity index is 1.95. The summed E-state index contributed by atoms with van der Waals surface area (Å²) >= 11 is 2.02. The van der Waals surface area contributed by atoms with Crippen molar-refractivity contribution in [3.8, 4) is 5.75 Å². The van der Waals surface area contributed by atoms with Crippen LogP contribution in [0.2, 0.25) is 0 Å². The molecule has 4 nitrogen and oxygen atoms in total. The number of halogens is 1. The molecule has 0 aromatic heterocycles. The van der Waals surface area contributed by atoms with Crippen LogP contribution in [-0.4, -0.2) is 30.6 Å². The quantitative estimate of drug-likeness (QED) is 0.569. The second-order valence-electron chi connectivity index (χ2n) is 4.17. The van der Waals surface area contributed by atoms with Crippen LogP contribution in [-0.2, 0) is 0 Å². The maximum absolute atomic E-state index is 11.9. The number of carbonyl (C=O) groups is 1. The van der Waals surface area contributed by atoms with Crippen molar-refractivity contribution >= 4 is 28.5 Å². The maximum atomic E-state index is 11.9. The zero-order chi connectivity index (χ0) is 13.0. The molecule has 1 aromatic carbocycles. The van der Waals surface area contributed by atoms with Gasteiger partial charge in [0.1, 0.15) is 5.75 Å². The SMILES string of the molecule is O=C(NCC1=CCNCC1)c1ccc(I)c(O)c1. The molecule has 18 heavy (non-hydrogen) atoms. The number of amides is 1. The summed E-state index contributed by atoms with van der Waals surface area (Å²) in [6, 6.07) is 4.94. The molecule has 1 aromatic rings. The van der Waals surface area contributed by atoms with Gasteiger partial charge >= 0.3 is 0 Å². The first-order chi connectivity index (χ1) is 8.66. The lowest BCUT2D eigenvalue weighted by Gasteiger charge is -2.14. The molecule has 0 unspecified atom stereocenters. The minimum Gasteiger partial charge on any atom is -0.507 e. The molecule has 0 atom stereocenters. The van der Waals surface area contributed by atoms with Gasteiger partial charge in [-0.1, -0.05) is 11.6 Å². The van der Waals surface area contributed by atoms with Crippen LogP contribution in [0.4, 0.5) is 0 Å². The summed E-state index contributed by atoms with van der Waals surface area (Å²) in [6.45, 7) is 2.41. The minimum atomic E-state index is -0.152. The second kappa shape index (κ2) is 6.19. The van der Waals surface area contributed by atoms with Gasteiger partial charge in [-0.25, -0.2) is 0 Å². The molecule has 1 aliphatic rings. The lowest BCUT2D eigenvalue weighted by atomic mass is 10.1. The highest BCUT2D eigenvalue weighted by Crippen LogP contribution is 2.20. The van der Waals surface area contributed by atoms with Crippen LogP contribution in [0.25, 0.3) is 0 Å². The molecule has 0 bridgehead atoms. The molecular weight excluding hydrogens is 343 g/mol. The first kappa shape index (κ1) is 13.4. The van der Waals surface area contributed by atoms with E-state index in [4.69, 9.17) is 0 Å². The third-order valence-corrected chi connectivity index (χ3v) is 3.75. The third-order valence-electron chi connectivity index (χ3n) is 2.84. The fraction of sp³-hybridized carbons (Fsp3) is 0.308. The highest BCUT2D eigenvalue weighted by molar-refractivity contribution is 14.1. The van der Waals surface area contributed by atoms with Crippen LogP contribution in [0.3, 0.4) is 0 Å². The number of rotatable bonds is 3. The average molecular weight is 358 g/mol. The molecular formula is C13H15IN2O2. The van der Waals surface area contributed by atoms with Crippen LogP contribution in [0.5, 0.6) is 5.75 Å². The highest BCUT2D eigenvalue weighted by atomic mass is 127. The summed E-state index contributed by atoms with van der Waals surface area (Å²) in [5, 5.41) is 15.7. The zero-order valence-corrected chi connectivity index (χ0v) is 12.0. The van der Waals surface area contributed by atoms with E-state index in [-0.39, 0.29) is 11.7 Å². The summed E-state index contributed by atoms with van der Waals surface area (Å²) in [7, 11) is 0. The summed E-state index contributed by atoms with van der Waals surface area (Å²) in [5.74, 6) is -0.00883. The van der Waals surface area contributed by atoms with Crippen molar-refractivity contribution in [2.24, 2.45) is 0 Å². The molecule has 0 saturated heterocycles. The van der Waals surface area contributed by atoms with Crippen LogP contribution < -0.4 is 10.6 Å². The van der Waals surface area contributed by atoms with E-state index < -0.39 is 0 Å². The Morgan fingerprint density at radius 2 is 2.33 bits per heavy atom. The van der Waals surface area contributed by atoms with Gasteiger partial charge in [0.05, 0.1) is 3.57 Å². The fourth-order valence-electron chi connectivity index (χ4n) is 1.78. The summed E-state index contributed by atoms with van der Waals surface area (Å²) in [4.78, 5) is 11.9. The fourth-order valence-corrected chi connectivity index (χ4v) is 2.12. The number of carbonyl (C=O) groups excluding carboxylic acids is 1. The van der Waals surface area contributed by atoms with E-state index in [9.17, 15) is 9.90 Å². The zero-order valence-electron chi connectivity index (χ0n) is 9.87. The van der Waals surface area contributed by atoms with Crippen molar-refractivity contribution in [1.82, 2.24) is 10.6 Å². The van der Waals surface area contributed by atoms with Gasteiger partial charge in [-0.05, 0) is 53.8 Å². The maximum Gasteiger partial charge on any atom is 0.251 e. The molecule has 5 heteroatoms. The van der Waals surface area contributed by atoms with E-state index in [1.165, 1.54) is 11.6 Å². The molecule has 1 aliphatic heterocycles. The number of hydrogen-bond donors (Lipinski definition) is 3. The Labute approximate surface area is 120 Å². The second-order valence-corrected chi connectivity index (χ2v) is 5.33. The predicted octanol–water partition coefficient (Wildman–Crippen LogP) is 1.65. The lowest BCUT2D eigenvalue weighted by Crippen LogP contribution is -2.29. The Morgan fingerprint density at radius 3 is 3.00 bits per heavy atom. The number of phenols is 1. The number of aromatic hydroxyl groups is 1. The summed E-state index contributed by atoms with van der Waals surface area (Å²) < 4.78 is 0.741. The van der Waals surface area contributed by atoms with Crippen LogP contribution in [0.15, 0.2) is 29.8 Å². The molecule has 96 valence electrons. The molecule has 0 radical (unpaired) electrons. The summed E-state index contributed by atoms with van der Waals surface area (Å²) in [6.07, 6.45) is 3.08. The Bertz CT molecular complexity index is 486. The minimum absolute atomic E-state index is 0.143. The van der Waals surface area contributed by atoms with E-state index in [1.54, 1.807) is 12.1 Å². The van der Waals surface area contributed by atoms with Crippen molar-refractivity contribution < 1.29 is 9.90 Å². The van der Waals surface area contributed by atoms with Gasteiger partial charge < -0.3 is 15.7 Å². The number of hydrogen-bond acceptors (Lipinski definition) is 3. The topological polar surface area (TPSA) is 61.4 Å². The number of phenolic OH excluding ortho intramolecular Hbond substituents is 1. The van der Waals surface area contributed by atoms with Crippen LogP contribution >= 0.6 is 22.6 Å². The van der Waals surface area contributed by atoms with Gasteiger partial charge in [0.15, 0.2) is 0 Å². The smallest absolute Gasteiger partial charge is 0.251 e. The van der Waals surface area contributed by atoms with Crippen molar-refractivity contribution in [3.63, 3.8) is 0 Å². The lowest BCUT2D eigenvalue weighted by molar-refractivity contribution is 0.0956. The van der Waals surface area contributed by atoms with E-state index in [0.29, 0.717) is 12.1 Å². The molecule has 1 amide bonds. The van der Waals surface area contributed by atoms with Crippen molar-refractivity contribution in [3.05, 3.63) is 39.0 Å². The molecule has 0 fully saturated rings. The largest absolute Gasteiger partial charge is 0.507 e. The van der Waals surface area contributed by atoms with E-state index in [1.807, 2.05) is 22.6 Å². The Kier molecular flexibility index (Phi) is 4.60. The molecule has 2 rings (SSSR count). The average Bonchev–Trinajstić information content (AvgIpc) is 2.40. The first-order valence-corrected chi connectivity index (χ1v) is 6.90. The number of nitrogens with one attached hydrogen (secondary N) is 2. The molecule has 1 heterocycles. The van der Waals surface area contributed by atoms with Crippen molar-refractivity contribution in [2.75, 3.05) is 19.6 Å².